The summed E-state index contributed by atoms with van der Waals surface area (Å²) in [6.07, 6.45) is 2.22. The van der Waals surface area contributed by atoms with Crippen molar-refractivity contribution < 1.29 is 14.3 Å². The van der Waals surface area contributed by atoms with Gasteiger partial charge in [0.05, 0.1) is 18.6 Å². The zero-order chi connectivity index (χ0) is 14.7. The molecule has 0 saturated carbocycles. The Balaban J connectivity index is 2.02. The summed E-state index contributed by atoms with van der Waals surface area (Å²) < 4.78 is 4.96. The van der Waals surface area contributed by atoms with Crippen LogP contribution in [0.3, 0.4) is 0 Å². The summed E-state index contributed by atoms with van der Waals surface area (Å²) in [6.45, 7) is 1.08. The minimum Gasteiger partial charge on any atom is -0.481 e. The van der Waals surface area contributed by atoms with Gasteiger partial charge in [0, 0.05) is 39.4 Å². The first kappa shape index (κ1) is 14.3. The molecule has 6 nitrogen and oxygen atoms in total. The van der Waals surface area contributed by atoms with Gasteiger partial charge in [-0.1, -0.05) is 0 Å². The highest BCUT2D eigenvalue weighted by molar-refractivity contribution is 5.94. The van der Waals surface area contributed by atoms with Gasteiger partial charge in [-0.25, -0.2) is 4.98 Å². The van der Waals surface area contributed by atoms with E-state index >= 15 is 0 Å². The number of nitrogens with zero attached hydrogens (tertiary/aromatic N) is 3. The summed E-state index contributed by atoms with van der Waals surface area (Å²) >= 11 is 0. The molecular weight excluding hydrogens is 258 g/mol. The lowest BCUT2D eigenvalue weighted by Gasteiger charge is -2.18. The summed E-state index contributed by atoms with van der Waals surface area (Å²) in [4.78, 5) is 31.5. The van der Waals surface area contributed by atoms with Crippen molar-refractivity contribution in [1.29, 1.82) is 0 Å². The molecule has 0 radical (unpaired) electrons. The normalized spacial score (nSPS) is 17.9. The third-order valence-electron chi connectivity index (χ3n) is 3.46. The molecule has 1 aromatic heterocycles. The van der Waals surface area contributed by atoms with Crippen LogP contribution >= 0.6 is 0 Å². The molecule has 1 atom stereocenters. The number of rotatable bonds is 3. The van der Waals surface area contributed by atoms with Crippen molar-refractivity contribution in [2.24, 2.45) is 5.92 Å². The Labute approximate surface area is 118 Å². The molecule has 0 bridgehead atoms. The molecule has 1 saturated heterocycles. The molecule has 2 heterocycles. The van der Waals surface area contributed by atoms with Crippen molar-refractivity contribution in [3.63, 3.8) is 0 Å². The third-order valence-corrected chi connectivity index (χ3v) is 3.46. The van der Waals surface area contributed by atoms with E-state index in [-0.39, 0.29) is 17.7 Å². The van der Waals surface area contributed by atoms with Gasteiger partial charge in [0.2, 0.25) is 11.8 Å². The van der Waals surface area contributed by atoms with Gasteiger partial charge < -0.3 is 14.5 Å². The van der Waals surface area contributed by atoms with E-state index in [1.807, 2.05) is 0 Å². The van der Waals surface area contributed by atoms with Gasteiger partial charge in [0.15, 0.2) is 0 Å². The number of hydrogen-bond donors (Lipinski definition) is 0. The van der Waals surface area contributed by atoms with Crippen molar-refractivity contribution in [2.45, 2.75) is 6.42 Å². The molecule has 108 valence electrons. The minimum atomic E-state index is -0.0971. The number of carbonyl (C=O) groups is 2. The van der Waals surface area contributed by atoms with E-state index in [4.69, 9.17) is 4.74 Å². The lowest BCUT2D eigenvalue weighted by molar-refractivity contribution is -0.132. The Hall–Kier alpha value is -2.11. The van der Waals surface area contributed by atoms with Crippen LogP contribution in [-0.2, 0) is 4.79 Å². The van der Waals surface area contributed by atoms with E-state index in [1.165, 1.54) is 13.3 Å². The number of methoxy groups -OCH3 is 1. The maximum Gasteiger partial charge on any atom is 0.255 e. The first-order valence-electron chi connectivity index (χ1n) is 6.53. The van der Waals surface area contributed by atoms with Gasteiger partial charge in [-0.05, 0) is 12.5 Å². The second kappa shape index (κ2) is 5.90. The summed E-state index contributed by atoms with van der Waals surface area (Å²) in [7, 11) is 5.00. The van der Waals surface area contributed by atoms with Crippen molar-refractivity contribution in [3.8, 4) is 5.88 Å². The number of likely N-dealkylation sites (tertiary alicyclic amines) is 1. The molecule has 6 heteroatoms. The van der Waals surface area contributed by atoms with Gasteiger partial charge in [0.1, 0.15) is 0 Å². The van der Waals surface area contributed by atoms with Crippen LogP contribution in [0.25, 0.3) is 0 Å². The van der Waals surface area contributed by atoms with Gasteiger partial charge in [-0.3, -0.25) is 9.59 Å². The van der Waals surface area contributed by atoms with Crippen LogP contribution in [0.15, 0.2) is 18.3 Å². The van der Waals surface area contributed by atoms with Crippen LogP contribution in [0, 0.1) is 5.92 Å². The summed E-state index contributed by atoms with van der Waals surface area (Å²) in [6, 6.07) is 3.35. The molecular formula is C14H19N3O3. The Bertz CT molecular complexity index is 499. The van der Waals surface area contributed by atoms with Crippen molar-refractivity contribution in [3.05, 3.63) is 23.9 Å². The fourth-order valence-corrected chi connectivity index (χ4v) is 2.32. The molecule has 20 heavy (non-hydrogen) atoms. The average molecular weight is 277 g/mol. The molecule has 1 aliphatic rings. The summed E-state index contributed by atoms with van der Waals surface area (Å²) in [5.41, 5.74) is 0.517. The standard InChI is InChI=1S/C14H19N3O3/c1-16(2)13(18)11-6-7-17(9-11)14(19)10-4-5-12(20-3)15-8-10/h4-5,8,11H,6-7,9H2,1-3H3/t11-/m0/s1. The Kier molecular flexibility index (Phi) is 4.22. The molecule has 2 rings (SSSR count). The topological polar surface area (TPSA) is 62.7 Å². The molecule has 0 N–H and O–H groups in total. The van der Waals surface area contributed by atoms with E-state index in [9.17, 15) is 9.59 Å². The number of pyridine rings is 1. The van der Waals surface area contributed by atoms with Crippen LogP contribution in [0.4, 0.5) is 0 Å². The van der Waals surface area contributed by atoms with E-state index < -0.39 is 0 Å². The molecule has 2 amide bonds. The average Bonchev–Trinajstić information content (AvgIpc) is 2.95. The first-order valence-corrected chi connectivity index (χ1v) is 6.53. The fraction of sp³-hybridized carbons (Fsp3) is 0.500. The van der Waals surface area contributed by atoms with Crippen LogP contribution in [0.2, 0.25) is 0 Å². The monoisotopic (exact) mass is 277 g/mol. The number of ether oxygens (including phenoxy) is 1. The molecule has 1 fully saturated rings. The van der Waals surface area contributed by atoms with Gasteiger partial charge in [0.25, 0.3) is 5.91 Å². The van der Waals surface area contributed by atoms with Crippen LogP contribution in [-0.4, -0.2) is 60.9 Å². The predicted octanol–water partition coefficient (Wildman–Crippen LogP) is 0.640. The van der Waals surface area contributed by atoms with Crippen LogP contribution in [0.5, 0.6) is 5.88 Å². The maximum absolute atomic E-state index is 12.3. The largest absolute Gasteiger partial charge is 0.481 e. The molecule has 0 spiro atoms. The molecule has 0 aromatic carbocycles. The number of amides is 2. The first-order chi connectivity index (χ1) is 9.52. The van der Waals surface area contributed by atoms with Crippen molar-refractivity contribution in [1.82, 2.24) is 14.8 Å². The minimum absolute atomic E-state index is 0.0770. The fourth-order valence-electron chi connectivity index (χ4n) is 2.32. The van der Waals surface area contributed by atoms with E-state index in [1.54, 1.807) is 36.0 Å². The second-order valence-corrected chi connectivity index (χ2v) is 5.06. The lowest BCUT2D eigenvalue weighted by Crippen LogP contribution is -2.34. The zero-order valence-electron chi connectivity index (χ0n) is 12.0. The number of carbonyl (C=O) groups excluding carboxylic acids is 2. The van der Waals surface area contributed by atoms with E-state index in [0.717, 1.165) is 0 Å². The Morgan fingerprint density at radius 2 is 2.15 bits per heavy atom. The van der Waals surface area contributed by atoms with Crippen LogP contribution in [0.1, 0.15) is 16.8 Å². The van der Waals surface area contributed by atoms with E-state index in [2.05, 4.69) is 4.98 Å². The molecule has 1 aromatic rings. The highest BCUT2D eigenvalue weighted by Gasteiger charge is 2.32. The Morgan fingerprint density at radius 3 is 2.70 bits per heavy atom. The number of hydrogen-bond acceptors (Lipinski definition) is 4. The molecule has 0 unspecified atom stereocenters. The SMILES string of the molecule is COc1ccc(C(=O)N2CC[C@H](C(=O)N(C)C)C2)cn1. The Morgan fingerprint density at radius 1 is 1.40 bits per heavy atom. The lowest BCUT2D eigenvalue weighted by atomic mass is 10.1. The summed E-state index contributed by atoms with van der Waals surface area (Å²) in [5, 5.41) is 0. The predicted molar refractivity (Wildman–Crippen MR) is 73.5 cm³/mol. The third kappa shape index (κ3) is 2.89. The summed E-state index contributed by atoms with van der Waals surface area (Å²) in [5.74, 6) is 0.367. The molecule has 1 aliphatic heterocycles. The molecule has 0 aliphatic carbocycles. The van der Waals surface area contributed by atoms with Crippen molar-refractivity contribution in [2.75, 3.05) is 34.3 Å². The van der Waals surface area contributed by atoms with Gasteiger partial charge >= 0.3 is 0 Å². The smallest absolute Gasteiger partial charge is 0.255 e. The quantitative estimate of drug-likeness (QED) is 0.813. The highest BCUT2D eigenvalue weighted by Crippen LogP contribution is 2.20. The second-order valence-electron chi connectivity index (χ2n) is 5.06. The van der Waals surface area contributed by atoms with Gasteiger partial charge in [-0.15, -0.1) is 0 Å². The maximum atomic E-state index is 12.3. The number of aromatic nitrogens is 1. The highest BCUT2D eigenvalue weighted by atomic mass is 16.5. The van der Waals surface area contributed by atoms with E-state index in [0.29, 0.717) is 31.0 Å². The van der Waals surface area contributed by atoms with Crippen molar-refractivity contribution >= 4 is 11.8 Å². The van der Waals surface area contributed by atoms with Crippen LogP contribution < -0.4 is 4.74 Å². The zero-order valence-corrected chi connectivity index (χ0v) is 12.0. The van der Waals surface area contributed by atoms with Gasteiger partial charge in [-0.2, -0.15) is 0 Å².